The van der Waals surface area contributed by atoms with E-state index in [0.29, 0.717) is 33.8 Å². The molecule has 1 aliphatic rings. The summed E-state index contributed by atoms with van der Waals surface area (Å²) < 4.78 is 5.09. The van der Waals surface area contributed by atoms with Crippen molar-refractivity contribution in [3.63, 3.8) is 0 Å². The third kappa shape index (κ3) is 4.96. The SMILES string of the molecule is CC1=NN(c2ccc(C)c(C)c2)C(=O)/C1=N\Nc1cccc(-c2cccc(C(=O)OCCN)c2)c1O. The zero-order chi connectivity index (χ0) is 25.8. The summed E-state index contributed by atoms with van der Waals surface area (Å²) in [7, 11) is 0. The Hall–Kier alpha value is -4.50. The second-order valence-corrected chi connectivity index (χ2v) is 8.35. The van der Waals surface area contributed by atoms with Gasteiger partial charge in [-0.15, -0.1) is 0 Å². The van der Waals surface area contributed by atoms with Crippen molar-refractivity contribution in [3.8, 4) is 16.9 Å². The minimum Gasteiger partial charge on any atom is -0.505 e. The Kier molecular flexibility index (Phi) is 7.12. The Balaban J connectivity index is 1.57. The molecule has 0 saturated heterocycles. The summed E-state index contributed by atoms with van der Waals surface area (Å²) in [5.41, 5.74) is 13.3. The second kappa shape index (κ2) is 10.4. The van der Waals surface area contributed by atoms with Gasteiger partial charge >= 0.3 is 11.9 Å². The molecule has 0 atom stereocenters. The van der Waals surface area contributed by atoms with Crippen LogP contribution in [0.15, 0.2) is 70.9 Å². The molecule has 36 heavy (non-hydrogen) atoms. The van der Waals surface area contributed by atoms with Gasteiger partial charge in [-0.05, 0) is 67.8 Å². The van der Waals surface area contributed by atoms with Crippen LogP contribution < -0.4 is 16.2 Å². The number of para-hydroxylation sites is 1. The Morgan fingerprint density at radius 1 is 1.08 bits per heavy atom. The number of ether oxygens (including phenoxy) is 1. The van der Waals surface area contributed by atoms with Crippen molar-refractivity contribution in [1.82, 2.24) is 0 Å². The number of benzene rings is 3. The van der Waals surface area contributed by atoms with E-state index in [9.17, 15) is 14.7 Å². The summed E-state index contributed by atoms with van der Waals surface area (Å²) in [6, 6.07) is 17.5. The van der Waals surface area contributed by atoms with Crippen LogP contribution in [0.25, 0.3) is 11.1 Å². The number of esters is 1. The van der Waals surface area contributed by atoms with Crippen molar-refractivity contribution in [3.05, 3.63) is 77.4 Å². The average Bonchev–Trinajstić information content (AvgIpc) is 3.16. The van der Waals surface area contributed by atoms with Crippen LogP contribution in [-0.4, -0.2) is 41.6 Å². The Labute approximate surface area is 208 Å². The van der Waals surface area contributed by atoms with E-state index in [4.69, 9.17) is 10.5 Å². The summed E-state index contributed by atoms with van der Waals surface area (Å²) in [6.07, 6.45) is 0. The number of phenols is 1. The highest BCUT2D eigenvalue weighted by Gasteiger charge is 2.31. The maximum Gasteiger partial charge on any atom is 0.338 e. The van der Waals surface area contributed by atoms with Crippen molar-refractivity contribution < 1.29 is 19.4 Å². The zero-order valence-corrected chi connectivity index (χ0v) is 20.3. The second-order valence-electron chi connectivity index (χ2n) is 8.35. The number of amides is 1. The van der Waals surface area contributed by atoms with Gasteiger partial charge in [0, 0.05) is 12.1 Å². The number of hydrogen-bond donors (Lipinski definition) is 3. The number of aromatic hydroxyl groups is 1. The topological polar surface area (TPSA) is 130 Å². The number of anilines is 2. The van der Waals surface area contributed by atoms with Crippen LogP contribution in [-0.2, 0) is 9.53 Å². The van der Waals surface area contributed by atoms with Gasteiger partial charge in [0.2, 0.25) is 0 Å². The highest BCUT2D eigenvalue weighted by atomic mass is 16.5. The van der Waals surface area contributed by atoms with Crippen molar-refractivity contribution in [2.75, 3.05) is 23.6 Å². The normalized spacial score (nSPS) is 14.2. The predicted molar refractivity (Wildman–Crippen MR) is 140 cm³/mol. The Morgan fingerprint density at radius 3 is 2.61 bits per heavy atom. The highest BCUT2D eigenvalue weighted by Crippen LogP contribution is 2.36. The minimum atomic E-state index is -0.495. The van der Waals surface area contributed by atoms with E-state index in [1.54, 1.807) is 49.4 Å². The minimum absolute atomic E-state index is 0.0830. The largest absolute Gasteiger partial charge is 0.505 e. The molecule has 1 amide bonds. The molecule has 0 saturated carbocycles. The van der Waals surface area contributed by atoms with Gasteiger partial charge in [-0.3, -0.25) is 10.2 Å². The molecule has 0 bridgehead atoms. The molecule has 4 rings (SSSR count). The number of phenolic OH excluding ortho intramolecular Hbond substituents is 1. The first-order valence-electron chi connectivity index (χ1n) is 11.4. The molecule has 3 aromatic carbocycles. The average molecular weight is 486 g/mol. The van der Waals surface area contributed by atoms with E-state index < -0.39 is 5.97 Å². The van der Waals surface area contributed by atoms with E-state index in [1.807, 2.05) is 32.0 Å². The van der Waals surface area contributed by atoms with Crippen LogP contribution in [0.3, 0.4) is 0 Å². The number of nitrogens with zero attached hydrogens (tertiary/aromatic N) is 3. The van der Waals surface area contributed by atoms with Gasteiger partial charge in [-0.1, -0.05) is 30.3 Å². The summed E-state index contributed by atoms with van der Waals surface area (Å²) in [5, 5.41) is 20.8. The van der Waals surface area contributed by atoms with E-state index >= 15 is 0 Å². The quantitative estimate of drug-likeness (QED) is 0.264. The summed E-state index contributed by atoms with van der Waals surface area (Å²) in [5.74, 6) is -0.951. The molecule has 1 heterocycles. The van der Waals surface area contributed by atoms with Crippen LogP contribution in [0, 0.1) is 13.8 Å². The van der Waals surface area contributed by atoms with Gasteiger partial charge in [0.15, 0.2) is 5.71 Å². The molecule has 0 unspecified atom stereocenters. The van der Waals surface area contributed by atoms with Gasteiger partial charge in [0.1, 0.15) is 12.4 Å². The zero-order valence-electron chi connectivity index (χ0n) is 20.3. The molecular formula is C27H27N5O4. The van der Waals surface area contributed by atoms with E-state index in [0.717, 1.165) is 11.1 Å². The molecule has 0 spiro atoms. The number of carbonyl (C=O) groups excluding carboxylic acids is 2. The fraction of sp³-hybridized carbons (Fsp3) is 0.185. The molecule has 4 N–H and O–H groups in total. The van der Waals surface area contributed by atoms with E-state index in [-0.39, 0.29) is 30.5 Å². The summed E-state index contributed by atoms with van der Waals surface area (Å²) in [4.78, 5) is 25.2. The lowest BCUT2D eigenvalue weighted by atomic mass is 10.0. The van der Waals surface area contributed by atoms with Crippen LogP contribution in [0.4, 0.5) is 11.4 Å². The molecule has 3 aromatic rings. The number of rotatable bonds is 7. The first kappa shape index (κ1) is 24.6. The number of nitrogens with one attached hydrogen (secondary N) is 1. The van der Waals surface area contributed by atoms with Crippen LogP contribution in [0.5, 0.6) is 5.75 Å². The lowest BCUT2D eigenvalue weighted by Crippen LogP contribution is -2.28. The lowest BCUT2D eigenvalue weighted by molar-refractivity contribution is -0.112. The first-order valence-corrected chi connectivity index (χ1v) is 11.4. The Morgan fingerprint density at radius 2 is 1.86 bits per heavy atom. The highest BCUT2D eigenvalue weighted by molar-refractivity contribution is 6.71. The smallest absolute Gasteiger partial charge is 0.338 e. The molecule has 1 aliphatic heterocycles. The molecule has 9 nitrogen and oxygen atoms in total. The van der Waals surface area contributed by atoms with Gasteiger partial charge in [0.05, 0.1) is 22.6 Å². The van der Waals surface area contributed by atoms with Gasteiger partial charge in [-0.2, -0.15) is 15.2 Å². The monoisotopic (exact) mass is 485 g/mol. The van der Waals surface area contributed by atoms with Crippen molar-refractivity contribution in [1.29, 1.82) is 0 Å². The van der Waals surface area contributed by atoms with Gasteiger partial charge < -0.3 is 15.6 Å². The van der Waals surface area contributed by atoms with Crippen molar-refractivity contribution >= 4 is 34.7 Å². The van der Waals surface area contributed by atoms with Gasteiger partial charge in [-0.25, -0.2) is 4.79 Å². The fourth-order valence-electron chi connectivity index (χ4n) is 3.69. The predicted octanol–water partition coefficient (Wildman–Crippen LogP) is 3.98. The third-order valence-corrected chi connectivity index (χ3v) is 5.81. The number of nitrogens with two attached hydrogens (primary N) is 1. The van der Waals surface area contributed by atoms with Crippen LogP contribution >= 0.6 is 0 Å². The molecule has 184 valence electrons. The number of aryl methyl sites for hydroxylation is 2. The van der Waals surface area contributed by atoms with E-state index in [1.165, 1.54) is 5.01 Å². The molecule has 0 aromatic heterocycles. The maximum atomic E-state index is 13.0. The third-order valence-electron chi connectivity index (χ3n) is 5.81. The summed E-state index contributed by atoms with van der Waals surface area (Å²) >= 11 is 0. The molecule has 0 fully saturated rings. The number of hydrogen-bond acceptors (Lipinski definition) is 8. The lowest BCUT2D eigenvalue weighted by Gasteiger charge is -2.13. The van der Waals surface area contributed by atoms with Crippen LogP contribution in [0.2, 0.25) is 0 Å². The maximum absolute atomic E-state index is 13.0. The van der Waals surface area contributed by atoms with E-state index in [2.05, 4.69) is 15.6 Å². The molecule has 0 radical (unpaired) electrons. The molecular weight excluding hydrogens is 458 g/mol. The van der Waals surface area contributed by atoms with Crippen molar-refractivity contribution in [2.45, 2.75) is 20.8 Å². The standard InChI is InChI=1S/C27H27N5O4/c1-16-10-11-21(14-17(16)2)32-26(34)24(18(3)31-32)30-29-23-9-5-8-22(25(23)33)19-6-4-7-20(15-19)27(35)36-13-12-28/h4-11,14-15,29,33H,12-13,28H2,1-3H3/b30-24-. The van der Waals surface area contributed by atoms with Crippen molar-refractivity contribution in [2.24, 2.45) is 15.9 Å². The number of hydrazone groups is 2. The van der Waals surface area contributed by atoms with Gasteiger partial charge in [0.25, 0.3) is 0 Å². The fourth-order valence-corrected chi connectivity index (χ4v) is 3.69. The number of carbonyl (C=O) groups is 2. The molecule has 0 aliphatic carbocycles. The summed E-state index contributed by atoms with van der Waals surface area (Å²) in [6.45, 7) is 6.03. The molecule has 9 heteroatoms. The van der Waals surface area contributed by atoms with Crippen LogP contribution in [0.1, 0.15) is 28.4 Å². The Bertz CT molecular complexity index is 1400. The first-order chi connectivity index (χ1) is 17.3.